The molecule has 11 heavy (non-hydrogen) atoms. The highest BCUT2D eigenvalue weighted by atomic mass is 127. The van der Waals surface area contributed by atoms with Gasteiger partial charge in [-0.3, -0.25) is 0 Å². The fourth-order valence-electron chi connectivity index (χ4n) is 0.741. The third-order valence-electron chi connectivity index (χ3n) is 1.28. The van der Waals surface area contributed by atoms with Crippen LogP contribution in [0.5, 0.6) is 5.75 Å². The van der Waals surface area contributed by atoms with Gasteiger partial charge >= 0.3 is 0 Å². The smallest absolute Gasteiger partial charge is 0.117 e. The first-order valence-electron chi connectivity index (χ1n) is 2.93. The normalized spacial score (nSPS) is 10.1. The summed E-state index contributed by atoms with van der Waals surface area (Å²) in [4.78, 5) is 0. The van der Waals surface area contributed by atoms with E-state index in [-0.39, 0.29) is 12.4 Å². The Labute approximate surface area is 91.9 Å². The van der Waals surface area contributed by atoms with Crippen LogP contribution in [-0.2, 0) is 6.61 Å². The highest BCUT2D eigenvalue weighted by Crippen LogP contribution is 2.24. The fraction of sp³-hybridized carbons (Fsp3) is 0.143. The molecule has 0 saturated carbocycles. The summed E-state index contributed by atoms with van der Waals surface area (Å²) in [5, 5.41) is 18.0. The van der Waals surface area contributed by atoms with Crippen LogP contribution in [0.4, 0.5) is 0 Å². The molecule has 0 atom stereocenters. The molecule has 0 fully saturated rings. The van der Waals surface area contributed by atoms with Gasteiger partial charge < -0.3 is 10.2 Å². The molecule has 0 aliphatic carbocycles. The lowest BCUT2D eigenvalue weighted by molar-refractivity contribution is 0.280. The average Bonchev–Trinajstić information content (AvgIpc) is 1.85. The van der Waals surface area contributed by atoms with E-state index in [1.165, 1.54) is 0 Å². The molecule has 60 valence electrons. The Hall–Kier alpha value is 0.440. The molecule has 2 nitrogen and oxygen atoms in total. The maximum atomic E-state index is 9.12. The van der Waals surface area contributed by atoms with Crippen molar-refractivity contribution in [3.05, 3.63) is 24.8 Å². The van der Waals surface area contributed by atoms with Gasteiger partial charge in [0.15, 0.2) is 0 Å². The Kier molecular flexibility index (Phi) is 3.38. The van der Waals surface area contributed by atoms with E-state index in [1.54, 1.807) is 12.1 Å². The van der Waals surface area contributed by atoms with E-state index in [4.69, 9.17) is 10.2 Å². The number of aliphatic hydroxyl groups excluding tert-OH is 1. The number of hydrogen-bond acceptors (Lipinski definition) is 2. The maximum Gasteiger partial charge on any atom is 0.117 e. The zero-order chi connectivity index (χ0) is 8.43. The van der Waals surface area contributed by atoms with Gasteiger partial charge in [0.05, 0.1) is 6.61 Å². The molecule has 0 aliphatic heterocycles. The van der Waals surface area contributed by atoms with Crippen LogP contribution < -0.4 is 0 Å². The summed E-state index contributed by atoms with van der Waals surface area (Å²) < 4.78 is 1.80. The predicted molar refractivity (Wildman–Crippen MR) is 59.5 cm³/mol. The molecule has 0 radical (unpaired) electrons. The van der Waals surface area contributed by atoms with Crippen LogP contribution in [0, 0.1) is 7.14 Å². The highest BCUT2D eigenvalue weighted by Gasteiger charge is 2.04. The molecule has 0 heterocycles. The van der Waals surface area contributed by atoms with Crippen molar-refractivity contribution in [2.75, 3.05) is 0 Å². The second-order valence-corrected chi connectivity index (χ2v) is 4.37. The predicted octanol–water partition coefficient (Wildman–Crippen LogP) is 2.09. The van der Waals surface area contributed by atoms with Crippen LogP contribution in [-0.4, -0.2) is 10.2 Å². The van der Waals surface area contributed by atoms with Crippen molar-refractivity contribution < 1.29 is 10.2 Å². The van der Waals surface area contributed by atoms with E-state index < -0.39 is 0 Å². The molecule has 0 aliphatic rings. The fourth-order valence-corrected chi connectivity index (χ4v) is 2.82. The number of aliphatic hydroxyl groups is 1. The van der Waals surface area contributed by atoms with E-state index in [1.807, 2.05) is 0 Å². The highest BCUT2D eigenvalue weighted by molar-refractivity contribution is 14.1. The number of rotatable bonds is 1. The zero-order valence-electron chi connectivity index (χ0n) is 5.51. The molecule has 0 unspecified atom stereocenters. The number of phenolic OH excluding ortho intramolecular Hbond substituents is 1. The second kappa shape index (κ2) is 3.90. The van der Waals surface area contributed by atoms with Gasteiger partial charge in [0.1, 0.15) is 5.75 Å². The quantitative estimate of drug-likeness (QED) is 0.738. The first-order chi connectivity index (χ1) is 5.15. The van der Waals surface area contributed by atoms with Crippen LogP contribution in [0.1, 0.15) is 5.56 Å². The minimum Gasteiger partial charge on any atom is -0.508 e. The van der Waals surface area contributed by atoms with Gasteiger partial charge in [-0.15, -0.1) is 0 Å². The first-order valence-corrected chi connectivity index (χ1v) is 5.08. The lowest BCUT2D eigenvalue weighted by Crippen LogP contribution is -1.91. The van der Waals surface area contributed by atoms with Gasteiger partial charge in [-0.05, 0) is 57.3 Å². The molecule has 4 heteroatoms. The Balaban J connectivity index is 3.25. The standard InChI is InChI=1S/C7H6I2O2/c8-6-1-4(11)2-7(9)5(6)3-10/h1-2,10-11H,3H2. The Morgan fingerprint density at radius 2 is 1.64 bits per heavy atom. The lowest BCUT2D eigenvalue weighted by Gasteiger charge is -2.03. The monoisotopic (exact) mass is 376 g/mol. The summed E-state index contributed by atoms with van der Waals surface area (Å²) in [6, 6.07) is 3.27. The Bertz CT molecular complexity index is 250. The number of hydrogen-bond donors (Lipinski definition) is 2. The minimum atomic E-state index is 0.0246. The van der Waals surface area contributed by atoms with Crippen LogP contribution in [0.2, 0.25) is 0 Å². The average molecular weight is 376 g/mol. The van der Waals surface area contributed by atoms with Crippen molar-refractivity contribution >= 4 is 45.2 Å². The molecule has 1 aromatic rings. The molecule has 2 N–H and O–H groups in total. The lowest BCUT2D eigenvalue weighted by atomic mass is 10.2. The van der Waals surface area contributed by atoms with E-state index in [0.717, 1.165) is 12.7 Å². The van der Waals surface area contributed by atoms with E-state index in [9.17, 15) is 0 Å². The molecule has 0 aromatic heterocycles. The van der Waals surface area contributed by atoms with Crippen molar-refractivity contribution in [2.45, 2.75) is 6.61 Å². The van der Waals surface area contributed by atoms with E-state index in [0.29, 0.717) is 0 Å². The molecular weight excluding hydrogens is 370 g/mol. The summed E-state index contributed by atoms with van der Waals surface area (Å²) in [7, 11) is 0. The molecule has 0 saturated heterocycles. The van der Waals surface area contributed by atoms with Crippen molar-refractivity contribution in [3.8, 4) is 5.75 Å². The number of benzene rings is 1. The van der Waals surface area contributed by atoms with Crippen LogP contribution in [0.3, 0.4) is 0 Å². The molecule has 0 bridgehead atoms. The van der Waals surface area contributed by atoms with Crippen molar-refractivity contribution in [2.24, 2.45) is 0 Å². The molecule has 0 amide bonds. The molecule has 1 aromatic carbocycles. The Morgan fingerprint density at radius 3 is 2.00 bits per heavy atom. The zero-order valence-corrected chi connectivity index (χ0v) is 9.83. The van der Waals surface area contributed by atoms with Crippen LogP contribution in [0.15, 0.2) is 12.1 Å². The summed E-state index contributed by atoms with van der Waals surface area (Å²) in [5.41, 5.74) is 0.879. The molecule has 0 spiro atoms. The van der Waals surface area contributed by atoms with Crippen molar-refractivity contribution in [1.29, 1.82) is 0 Å². The second-order valence-electron chi connectivity index (χ2n) is 2.05. The van der Waals surface area contributed by atoms with Gasteiger partial charge in [-0.2, -0.15) is 0 Å². The van der Waals surface area contributed by atoms with Crippen molar-refractivity contribution in [1.82, 2.24) is 0 Å². The summed E-state index contributed by atoms with van der Waals surface area (Å²) >= 11 is 4.17. The number of phenols is 1. The SMILES string of the molecule is OCc1c(I)cc(O)cc1I. The largest absolute Gasteiger partial charge is 0.508 e. The third-order valence-corrected chi connectivity index (χ3v) is 3.21. The summed E-state index contributed by atoms with van der Waals surface area (Å²) in [6.45, 7) is 0.0246. The Morgan fingerprint density at radius 1 is 1.18 bits per heavy atom. The van der Waals surface area contributed by atoms with E-state index in [2.05, 4.69) is 45.2 Å². The van der Waals surface area contributed by atoms with E-state index >= 15 is 0 Å². The van der Waals surface area contributed by atoms with Crippen LogP contribution in [0.25, 0.3) is 0 Å². The topological polar surface area (TPSA) is 40.5 Å². The third kappa shape index (κ3) is 2.19. The van der Waals surface area contributed by atoms with Gasteiger partial charge in [0, 0.05) is 12.7 Å². The van der Waals surface area contributed by atoms with Gasteiger partial charge in [-0.25, -0.2) is 0 Å². The minimum absolute atomic E-state index is 0.0246. The molecular formula is C7H6I2O2. The number of aromatic hydroxyl groups is 1. The molecule has 1 rings (SSSR count). The van der Waals surface area contributed by atoms with Gasteiger partial charge in [-0.1, -0.05) is 0 Å². The first kappa shape index (κ1) is 9.53. The summed E-state index contributed by atoms with van der Waals surface area (Å²) in [5.74, 6) is 0.246. The van der Waals surface area contributed by atoms with Crippen LogP contribution >= 0.6 is 45.2 Å². The van der Waals surface area contributed by atoms with Gasteiger partial charge in [0.2, 0.25) is 0 Å². The summed E-state index contributed by atoms with van der Waals surface area (Å²) in [6.07, 6.45) is 0. The number of halogens is 2. The maximum absolute atomic E-state index is 9.12. The van der Waals surface area contributed by atoms with Crippen molar-refractivity contribution in [3.63, 3.8) is 0 Å². The van der Waals surface area contributed by atoms with Gasteiger partial charge in [0.25, 0.3) is 0 Å².